The van der Waals surface area contributed by atoms with Gasteiger partial charge in [0.1, 0.15) is 18.1 Å². The van der Waals surface area contributed by atoms with E-state index in [2.05, 4.69) is 28.7 Å². The zero-order valence-corrected chi connectivity index (χ0v) is 25.3. The maximum Gasteiger partial charge on any atom is 0.405 e. The minimum absolute atomic E-state index is 0.0818. The van der Waals surface area contributed by atoms with Gasteiger partial charge >= 0.3 is 6.18 Å². The number of alkyl halides is 3. The molecule has 2 aromatic carbocycles. The summed E-state index contributed by atoms with van der Waals surface area (Å²) in [6.45, 7) is 3.53. The summed E-state index contributed by atoms with van der Waals surface area (Å²) < 4.78 is 82.0. The van der Waals surface area contributed by atoms with Crippen LogP contribution in [0.25, 0.3) is 33.3 Å². The summed E-state index contributed by atoms with van der Waals surface area (Å²) in [7, 11) is 2.39. The molecular formula is C33H32F4N6O3. The molecule has 0 atom stereocenters. The standard InChI is InChI=1S/C33H32F4N6O3/c1-18-14-22(41-31(44)19(2)34)10-12-23(18)29-26(20-9-11-24(25(15-20)46-6)32(45)40-17-33(35,36)37)27-28(43(29)5)21(16-39-30(27)38)8-7-13-42(3)4/h9-12,14-16H,2,13,17H2,1,3-6H3,(H2,38,39)(H,40,45)(H,41,44)/i6D3. The lowest BCUT2D eigenvalue weighted by Crippen LogP contribution is -2.33. The number of rotatable bonds is 8. The Morgan fingerprint density at radius 2 is 1.96 bits per heavy atom. The average Bonchev–Trinajstić information content (AvgIpc) is 3.29. The summed E-state index contributed by atoms with van der Waals surface area (Å²) in [6, 6.07) is 8.63. The number of halogens is 4. The maximum atomic E-state index is 13.4. The molecule has 0 radical (unpaired) electrons. The van der Waals surface area contributed by atoms with Crippen molar-refractivity contribution in [1.29, 1.82) is 0 Å². The Balaban J connectivity index is 2.04. The summed E-state index contributed by atoms with van der Waals surface area (Å²) in [4.78, 5) is 31.0. The van der Waals surface area contributed by atoms with Crippen molar-refractivity contribution >= 4 is 34.2 Å². The molecule has 0 saturated heterocycles. The van der Waals surface area contributed by atoms with E-state index in [1.165, 1.54) is 18.3 Å². The number of aromatic nitrogens is 2. The first kappa shape index (κ1) is 29.4. The average molecular weight is 640 g/mol. The van der Waals surface area contributed by atoms with Crippen molar-refractivity contribution in [2.24, 2.45) is 7.05 Å². The zero-order valence-electron chi connectivity index (χ0n) is 28.3. The van der Waals surface area contributed by atoms with E-state index in [9.17, 15) is 27.2 Å². The molecule has 0 spiro atoms. The lowest BCUT2D eigenvalue weighted by Gasteiger charge is -2.15. The highest BCUT2D eigenvalue weighted by Gasteiger charge is 2.29. The zero-order chi connectivity index (χ0) is 36.4. The highest BCUT2D eigenvalue weighted by Crippen LogP contribution is 2.45. The molecule has 2 amide bonds. The fraction of sp³-hybridized carbons (Fsp3) is 0.242. The lowest BCUT2D eigenvalue weighted by molar-refractivity contribution is -0.123. The van der Waals surface area contributed by atoms with Crippen LogP contribution in [0.2, 0.25) is 0 Å². The van der Waals surface area contributed by atoms with Crippen molar-refractivity contribution in [3.05, 3.63) is 71.7 Å². The molecular weight excluding hydrogens is 604 g/mol. The summed E-state index contributed by atoms with van der Waals surface area (Å²) in [5.41, 5.74) is 9.80. The molecule has 9 nitrogen and oxygen atoms in total. The number of aryl methyl sites for hydroxylation is 2. The van der Waals surface area contributed by atoms with E-state index in [1.807, 2.05) is 19.0 Å². The van der Waals surface area contributed by atoms with Crippen LogP contribution in [0.3, 0.4) is 0 Å². The van der Waals surface area contributed by atoms with Gasteiger partial charge in [0.15, 0.2) is 5.83 Å². The van der Waals surface area contributed by atoms with Crippen molar-refractivity contribution in [1.82, 2.24) is 19.8 Å². The van der Waals surface area contributed by atoms with E-state index in [0.717, 1.165) is 6.07 Å². The van der Waals surface area contributed by atoms with E-state index < -0.39 is 48.7 Å². The van der Waals surface area contributed by atoms with E-state index >= 15 is 0 Å². The quantitative estimate of drug-likeness (QED) is 0.135. The van der Waals surface area contributed by atoms with E-state index in [0.29, 0.717) is 45.4 Å². The van der Waals surface area contributed by atoms with Crippen molar-refractivity contribution in [3.63, 3.8) is 0 Å². The highest BCUT2D eigenvalue weighted by atomic mass is 19.4. The van der Waals surface area contributed by atoms with Gasteiger partial charge in [0.05, 0.1) is 45.4 Å². The highest BCUT2D eigenvalue weighted by molar-refractivity contribution is 6.12. The Hall–Kier alpha value is -5.35. The normalized spacial score (nSPS) is 12.5. The third-order valence-corrected chi connectivity index (χ3v) is 6.92. The van der Waals surface area contributed by atoms with Crippen molar-refractivity contribution < 1.29 is 36.0 Å². The van der Waals surface area contributed by atoms with Gasteiger partial charge in [-0.3, -0.25) is 14.5 Å². The fourth-order valence-electron chi connectivity index (χ4n) is 4.92. The number of pyridine rings is 1. The van der Waals surface area contributed by atoms with Crippen molar-refractivity contribution in [2.75, 3.05) is 45.3 Å². The number of benzene rings is 2. The van der Waals surface area contributed by atoms with Gasteiger partial charge in [-0.2, -0.15) is 13.2 Å². The molecule has 46 heavy (non-hydrogen) atoms. The number of fused-ring (bicyclic) bond motifs is 1. The number of nitrogen functional groups attached to an aromatic ring is 1. The number of nitrogens with zero attached hydrogens (tertiary/aromatic N) is 3. The predicted octanol–water partition coefficient (Wildman–Crippen LogP) is 5.43. The number of nitrogens with two attached hydrogens (primary N) is 1. The molecule has 2 aromatic heterocycles. The first-order valence-electron chi connectivity index (χ1n) is 15.1. The first-order chi connectivity index (χ1) is 22.8. The third kappa shape index (κ3) is 7.13. The number of nitrogens with one attached hydrogen (secondary N) is 2. The number of hydrogen-bond acceptors (Lipinski definition) is 6. The molecule has 240 valence electrons. The summed E-state index contributed by atoms with van der Waals surface area (Å²) in [6.07, 6.45) is -3.20. The van der Waals surface area contributed by atoms with Crippen LogP contribution >= 0.6 is 0 Å². The molecule has 2 heterocycles. The van der Waals surface area contributed by atoms with Crippen LogP contribution in [0.15, 0.2) is 55.0 Å². The Labute approximate surface area is 267 Å². The lowest BCUT2D eigenvalue weighted by atomic mass is 9.94. The van der Waals surface area contributed by atoms with Gasteiger partial charge in [0.25, 0.3) is 11.8 Å². The van der Waals surface area contributed by atoms with Gasteiger partial charge in [-0.1, -0.05) is 30.6 Å². The first-order valence-corrected chi connectivity index (χ1v) is 13.6. The topological polar surface area (TPSA) is 115 Å². The van der Waals surface area contributed by atoms with Crippen LogP contribution in [0.4, 0.5) is 29.1 Å². The molecule has 0 aliphatic heterocycles. The van der Waals surface area contributed by atoms with Gasteiger partial charge in [-0.15, -0.1) is 0 Å². The second kappa shape index (κ2) is 13.3. The van der Waals surface area contributed by atoms with E-state index in [1.54, 1.807) is 42.1 Å². The molecule has 0 aliphatic rings. The molecule has 0 aliphatic carbocycles. The maximum absolute atomic E-state index is 13.4. The number of carbonyl (C=O) groups excluding carboxylic acids is 2. The molecule has 4 aromatic rings. The molecule has 0 unspecified atom stereocenters. The third-order valence-electron chi connectivity index (χ3n) is 6.92. The number of methoxy groups -OCH3 is 1. The van der Waals surface area contributed by atoms with Crippen LogP contribution in [0, 0.1) is 18.8 Å². The Morgan fingerprint density at radius 1 is 1.22 bits per heavy atom. The van der Waals surface area contributed by atoms with Crippen molar-refractivity contribution in [2.45, 2.75) is 13.1 Å². The smallest absolute Gasteiger partial charge is 0.405 e. The summed E-state index contributed by atoms with van der Waals surface area (Å²) in [5.74, 6) is 2.37. The Morgan fingerprint density at radius 3 is 2.59 bits per heavy atom. The van der Waals surface area contributed by atoms with Crippen LogP contribution in [0.5, 0.6) is 5.75 Å². The predicted molar refractivity (Wildman–Crippen MR) is 170 cm³/mol. The summed E-state index contributed by atoms with van der Waals surface area (Å²) >= 11 is 0. The van der Waals surface area contributed by atoms with Gasteiger partial charge in [0.2, 0.25) is 0 Å². The molecule has 13 heteroatoms. The number of hydrogen-bond donors (Lipinski definition) is 3. The number of anilines is 2. The van der Waals surface area contributed by atoms with Gasteiger partial charge < -0.3 is 25.7 Å². The van der Waals surface area contributed by atoms with Gasteiger partial charge in [0, 0.05) is 30.1 Å². The van der Waals surface area contributed by atoms with Crippen molar-refractivity contribution in [3.8, 4) is 40.0 Å². The monoisotopic (exact) mass is 639 g/mol. The van der Waals surface area contributed by atoms with Crippen LogP contribution in [0.1, 0.15) is 25.6 Å². The largest absolute Gasteiger partial charge is 0.496 e. The minimum Gasteiger partial charge on any atom is -0.496 e. The molecule has 4 rings (SSSR count). The summed E-state index contributed by atoms with van der Waals surface area (Å²) in [5, 5.41) is 4.56. The number of ether oxygens (including phenoxy) is 1. The van der Waals surface area contributed by atoms with Crippen LogP contribution in [-0.2, 0) is 11.8 Å². The molecule has 4 N–H and O–H groups in total. The van der Waals surface area contributed by atoms with Crippen LogP contribution < -0.4 is 21.1 Å². The number of carbonyl (C=O) groups is 2. The second-order valence-corrected chi connectivity index (χ2v) is 10.6. The van der Waals surface area contributed by atoms with Gasteiger partial charge in [-0.25, -0.2) is 9.37 Å². The Kier molecular flexibility index (Phi) is 8.51. The molecule has 0 saturated carbocycles. The number of amides is 2. The SMILES string of the molecule is [2H]C([2H])([2H])Oc1cc(-c2c(-c3ccc(NC(=O)C(=C)F)cc3C)n(C)c3c(C#CCN(C)C)cnc(N)c23)ccc1C(=O)NCC(F)(F)F. The second-order valence-electron chi connectivity index (χ2n) is 10.6. The fourth-order valence-corrected chi connectivity index (χ4v) is 4.92. The van der Waals surface area contributed by atoms with E-state index in [4.69, 9.17) is 14.6 Å². The molecule has 0 fully saturated rings. The minimum atomic E-state index is -4.72. The Bertz CT molecular complexity index is 2030. The molecule has 0 bridgehead atoms. The van der Waals surface area contributed by atoms with E-state index in [-0.39, 0.29) is 17.1 Å². The van der Waals surface area contributed by atoms with Crippen LogP contribution in [-0.4, -0.2) is 66.7 Å². The van der Waals surface area contributed by atoms with Gasteiger partial charge in [-0.05, 0) is 56.4 Å².